The highest BCUT2D eigenvalue weighted by molar-refractivity contribution is 8.00. The first-order valence-corrected chi connectivity index (χ1v) is 7.00. The van der Waals surface area contributed by atoms with Crippen LogP contribution in [0.3, 0.4) is 0 Å². The maximum atomic E-state index is 2.82. The number of likely N-dealkylation sites (N-methyl/N-ethyl adjacent to an activating group) is 1. The minimum Gasteiger partial charge on any atom is -0.303 e. The SMILES string of the molecule is CN1CC2CCC(C1)N2CC1CSC1. The molecule has 0 N–H and O–H groups in total. The summed E-state index contributed by atoms with van der Waals surface area (Å²) in [5.74, 6) is 3.86. The van der Waals surface area contributed by atoms with Crippen molar-refractivity contribution in [2.45, 2.75) is 24.9 Å². The van der Waals surface area contributed by atoms with Crippen molar-refractivity contribution < 1.29 is 0 Å². The molecule has 2 atom stereocenters. The van der Waals surface area contributed by atoms with Gasteiger partial charge in [0.2, 0.25) is 0 Å². The van der Waals surface area contributed by atoms with E-state index >= 15 is 0 Å². The molecule has 3 saturated heterocycles. The van der Waals surface area contributed by atoms with Gasteiger partial charge in [0.15, 0.2) is 0 Å². The quantitative estimate of drug-likeness (QED) is 0.677. The molecule has 0 aromatic rings. The number of thioether (sulfide) groups is 1. The molecular formula is C11H20N2S. The molecule has 0 spiro atoms. The summed E-state index contributed by atoms with van der Waals surface area (Å²) in [6.45, 7) is 4.03. The molecule has 0 aromatic carbocycles. The molecule has 3 fully saturated rings. The summed E-state index contributed by atoms with van der Waals surface area (Å²) in [5.41, 5.74) is 0. The van der Waals surface area contributed by atoms with E-state index in [-0.39, 0.29) is 0 Å². The minimum absolute atomic E-state index is 0.893. The zero-order chi connectivity index (χ0) is 9.54. The third-order valence-electron chi connectivity index (χ3n) is 3.99. The normalized spacial score (nSPS) is 40.1. The highest BCUT2D eigenvalue weighted by Gasteiger charge is 2.40. The number of rotatable bonds is 2. The largest absolute Gasteiger partial charge is 0.303 e. The van der Waals surface area contributed by atoms with Gasteiger partial charge in [-0.1, -0.05) is 0 Å². The van der Waals surface area contributed by atoms with Crippen LogP contribution in [0.4, 0.5) is 0 Å². The summed E-state index contributed by atoms with van der Waals surface area (Å²) >= 11 is 2.12. The number of nitrogens with zero attached hydrogens (tertiary/aromatic N) is 2. The predicted molar refractivity (Wildman–Crippen MR) is 61.8 cm³/mol. The van der Waals surface area contributed by atoms with Crippen molar-refractivity contribution >= 4 is 11.8 Å². The number of hydrogen-bond acceptors (Lipinski definition) is 3. The Morgan fingerprint density at radius 2 is 1.79 bits per heavy atom. The van der Waals surface area contributed by atoms with E-state index in [4.69, 9.17) is 0 Å². The zero-order valence-corrected chi connectivity index (χ0v) is 9.80. The summed E-state index contributed by atoms with van der Waals surface area (Å²) in [5, 5.41) is 0. The third kappa shape index (κ3) is 1.59. The molecular weight excluding hydrogens is 192 g/mol. The number of fused-ring (bicyclic) bond motifs is 2. The summed E-state index contributed by atoms with van der Waals surface area (Å²) in [4.78, 5) is 5.35. The Morgan fingerprint density at radius 3 is 2.29 bits per heavy atom. The molecule has 2 bridgehead atoms. The van der Waals surface area contributed by atoms with Crippen molar-refractivity contribution in [3.8, 4) is 0 Å². The van der Waals surface area contributed by atoms with Crippen LogP contribution in [0.5, 0.6) is 0 Å². The van der Waals surface area contributed by atoms with E-state index in [1.54, 1.807) is 0 Å². The molecule has 0 aliphatic carbocycles. The van der Waals surface area contributed by atoms with Gasteiger partial charge in [-0.2, -0.15) is 11.8 Å². The van der Waals surface area contributed by atoms with E-state index in [1.807, 2.05) is 0 Å². The molecule has 2 unspecified atom stereocenters. The Morgan fingerprint density at radius 1 is 1.14 bits per heavy atom. The zero-order valence-electron chi connectivity index (χ0n) is 8.98. The van der Waals surface area contributed by atoms with Crippen molar-refractivity contribution in [1.29, 1.82) is 0 Å². The molecule has 0 aromatic heterocycles. The predicted octanol–water partition coefficient (Wildman–Crippen LogP) is 1.13. The lowest BCUT2D eigenvalue weighted by molar-refractivity contribution is 0.0722. The summed E-state index contributed by atoms with van der Waals surface area (Å²) in [6.07, 6.45) is 2.91. The average Bonchev–Trinajstić information content (AvgIpc) is 2.29. The van der Waals surface area contributed by atoms with Crippen LogP contribution in [0.25, 0.3) is 0 Å². The molecule has 3 aliphatic heterocycles. The fraction of sp³-hybridized carbons (Fsp3) is 1.00. The van der Waals surface area contributed by atoms with E-state index in [2.05, 4.69) is 28.6 Å². The maximum Gasteiger partial charge on any atom is 0.0227 e. The van der Waals surface area contributed by atoms with Crippen LogP contribution in [0.15, 0.2) is 0 Å². The molecule has 3 heterocycles. The Bertz CT molecular complexity index is 203. The summed E-state index contributed by atoms with van der Waals surface area (Å²) < 4.78 is 0. The minimum atomic E-state index is 0.893. The summed E-state index contributed by atoms with van der Waals surface area (Å²) in [6, 6.07) is 1.79. The average molecular weight is 212 g/mol. The fourth-order valence-corrected chi connectivity index (χ4v) is 3.97. The Balaban J connectivity index is 1.62. The fourth-order valence-electron chi connectivity index (χ4n) is 3.19. The van der Waals surface area contributed by atoms with Gasteiger partial charge in [-0.3, -0.25) is 4.90 Å². The molecule has 2 nitrogen and oxygen atoms in total. The second-order valence-electron chi connectivity index (χ2n) is 5.21. The van der Waals surface area contributed by atoms with Crippen LogP contribution < -0.4 is 0 Å². The number of piperazine rings is 1. The molecule has 80 valence electrons. The summed E-state index contributed by atoms with van der Waals surface area (Å²) in [7, 11) is 2.28. The van der Waals surface area contributed by atoms with E-state index in [0.29, 0.717) is 0 Å². The van der Waals surface area contributed by atoms with Crippen molar-refractivity contribution in [1.82, 2.24) is 9.80 Å². The van der Waals surface area contributed by atoms with Gasteiger partial charge >= 0.3 is 0 Å². The van der Waals surface area contributed by atoms with Crippen LogP contribution in [-0.4, -0.2) is 60.1 Å². The van der Waals surface area contributed by atoms with Crippen molar-refractivity contribution in [3.63, 3.8) is 0 Å². The van der Waals surface area contributed by atoms with Crippen LogP contribution in [-0.2, 0) is 0 Å². The van der Waals surface area contributed by atoms with Gasteiger partial charge in [0.25, 0.3) is 0 Å². The molecule has 3 rings (SSSR count). The molecule has 0 radical (unpaired) electrons. The standard InChI is InChI=1S/C11H20N2S/c1-12-5-10-2-3-11(6-12)13(10)4-9-7-14-8-9/h9-11H,2-8H2,1H3. The maximum absolute atomic E-state index is 2.82. The Labute approximate surface area is 91.0 Å². The van der Waals surface area contributed by atoms with Gasteiger partial charge in [-0.25, -0.2) is 0 Å². The van der Waals surface area contributed by atoms with E-state index in [0.717, 1.165) is 18.0 Å². The number of likely N-dealkylation sites (tertiary alicyclic amines) is 1. The molecule has 3 aliphatic rings. The van der Waals surface area contributed by atoms with Crippen LogP contribution >= 0.6 is 11.8 Å². The van der Waals surface area contributed by atoms with Gasteiger partial charge in [-0.05, 0) is 37.3 Å². The lowest BCUT2D eigenvalue weighted by Gasteiger charge is -2.42. The van der Waals surface area contributed by atoms with Gasteiger partial charge in [-0.15, -0.1) is 0 Å². The monoisotopic (exact) mass is 212 g/mol. The van der Waals surface area contributed by atoms with Gasteiger partial charge in [0.05, 0.1) is 0 Å². The topological polar surface area (TPSA) is 6.48 Å². The number of hydrogen-bond donors (Lipinski definition) is 0. The highest BCUT2D eigenvalue weighted by atomic mass is 32.2. The molecule has 3 heteroatoms. The highest BCUT2D eigenvalue weighted by Crippen LogP contribution is 2.33. The second kappa shape index (κ2) is 3.69. The smallest absolute Gasteiger partial charge is 0.0227 e. The lowest BCUT2D eigenvalue weighted by Crippen LogP contribution is -2.54. The van der Waals surface area contributed by atoms with Gasteiger partial charge in [0, 0.05) is 31.7 Å². The van der Waals surface area contributed by atoms with Crippen LogP contribution in [0, 0.1) is 5.92 Å². The first kappa shape index (κ1) is 9.49. The van der Waals surface area contributed by atoms with Crippen molar-refractivity contribution in [3.05, 3.63) is 0 Å². The first-order valence-electron chi connectivity index (χ1n) is 5.85. The van der Waals surface area contributed by atoms with Gasteiger partial charge < -0.3 is 4.90 Å². The third-order valence-corrected chi connectivity index (χ3v) is 5.41. The first-order chi connectivity index (χ1) is 6.83. The van der Waals surface area contributed by atoms with E-state index in [9.17, 15) is 0 Å². The van der Waals surface area contributed by atoms with E-state index in [1.165, 1.54) is 44.0 Å². The Kier molecular flexibility index (Phi) is 2.50. The Hall–Kier alpha value is 0.270. The van der Waals surface area contributed by atoms with Crippen LogP contribution in [0.2, 0.25) is 0 Å². The van der Waals surface area contributed by atoms with Crippen molar-refractivity contribution in [2.75, 3.05) is 38.2 Å². The van der Waals surface area contributed by atoms with Crippen molar-refractivity contribution in [2.24, 2.45) is 5.92 Å². The molecule has 0 saturated carbocycles. The molecule has 14 heavy (non-hydrogen) atoms. The molecule has 0 amide bonds. The van der Waals surface area contributed by atoms with Crippen LogP contribution in [0.1, 0.15) is 12.8 Å². The van der Waals surface area contributed by atoms with Gasteiger partial charge in [0.1, 0.15) is 0 Å². The lowest BCUT2D eigenvalue weighted by atomic mass is 10.1. The van der Waals surface area contributed by atoms with E-state index < -0.39 is 0 Å². The second-order valence-corrected chi connectivity index (χ2v) is 6.28.